The number of nitrogens with one attached hydrogen (secondary N) is 1. The molecule has 0 aliphatic carbocycles. The molecular weight excluding hydrogens is 365 g/mol. The Bertz CT molecular complexity index is 764. The molecule has 1 aromatic carbocycles. The van der Waals surface area contributed by atoms with Crippen LogP contribution in [0.25, 0.3) is 5.69 Å². The Morgan fingerprint density at radius 2 is 1.96 bits per heavy atom. The number of halogens is 3. The van der Waals surface area contributed by atoms with Crippen LogP contribution in [0.2, 0.25) is 0 Å². The molecule has 0 radical (unpaired) electrons. The number of alkyl halides is 3. The number of carbonyl (C=O) groups excluding carboxylic acids is 2. The molecule has 0 unspecified atom stereocenters. The molecule has 2 aromatic rings. The zero-order chi connectivity index (χ0) is 18.6. The molecule has 0 aliphatic heterocycles. The second-order valence-corrected chi connectivity index (χ2v) is 5.84. The molecule has 3 amide bonds. The quantitative estimate of drug-likeness (QED) is 0.752. The summed E-state index contributed by atoms with van der Waals surface area (Å²) in [5, 5.41) is 12.3. The van der Waals surface area contributed by atoms with Gasteiger partial charge in [0.05, 0.1) is 10.9 Å². The number of rotatable bonds is 5. The summed E-state index contributed by atoms with van der Waals surface area (Å²) in [5.74, 6) is -1.03. The van der Waals surface area contributed by atoms with Crippen LogP contribution in [0.3, 0.4) is 0 Å². The maximum absolute atomic E-state index is 12.2. The van der Waals surface area contributed by atoms with Crippen molar-refractivity contribution in [3.8, 4) is 11.4 Å². The predicted molar refractivity (Wildman–Crippen MR) is 78.9 cm³/mol. The third kappa shape index (κ3) is 5.34. The Balaban J connectivity index is 2.13. The summed E-state index contributed by atoms with van der Waals surface area (Å²) >= 11 is 0.932. The van der Waals surface area contributed by atoms with Crippen molar-refractivity contribution in [3.05, 3.63) is 24.3 Å². The van der Waals surface area contributed by atoms with E-state index in [2.05, 4.69) is 20.3 Å². The van der Waals surface area contributed by atoms with Gasteiger partial charge in [0.1, 0.15) is 5.75 Å². The minimum absolute atomic E-state index is 0.191. The summed E-state index contributed by atoms with van der Waals surface area (Å²) in [6.07, 6.45) is -4.79. The van der Waals surface area contributed by atoms with Gasteiger partial charge in [0, 0.05) is 0 Å². The lowest BCUT2D eigenvalue weighted by molar-refractivity contribution is -0.274. The summed E-state index contributed by atoms with van der Waals surface area (Å²) in [5.41, 5.74) is 5.22. The fraction of sp³-hybridized carbons (Fsp3) is 0.250. The molecule has 0 saturated carbocycles. The molecular formula is C12H11F3N6O3S. The van der Waals surface area contributed by atoms with Crippen molar-refractivity contribution in [2.45, 2.75) is 23.7 Å². The van der Waals surface area contributed by atoms with Gasteiger partial charge >= 0.3 is 12.4 Å². The number of nitrogens with two attached hydrogens (primary N) is 1. The largest absolute Gasteiger partial charge is 0.573 e. The first kappa shape index (κ1) is 18.5. The molecule has 13 heteroatoms. The summed E-state index contributed by atoms with van der Waals surface area (Å²) < 4.78 is 41.5. The topological polar surface area (TPSA) is 125 Å². The smallest absolute Gasteiger partial charge is 0.406 e. The molecule has 1 aromatic heterocycles. The molecule has 25 heavy (non-hydrogen) atoms. The first-order valence-corrected chi connectivity index (χ1v) is 7.45. The van der Waals surface area contributed by atoms with E-state index in [1.54, 1.807) is 0 Å². The Kier molecular flexibility index (Phi) is 5.46. The molecule has 1 atom stereocenters. The summed E-state index contributed by atoms with van der Waals surface area (Å²) in [4.78, 5) is 22.4. The van der Waals surface area contributed by atoms with E-state index >= 15 is 0 Å². The standard InChI is InChI=1S/C12H11F3N6O3S/c1-6(9(22)17-10(16)23)25-11-18-19-20-21(11)7-2-4-8(5-3-7)24-12(13,14)15/h2-6H,1H3,(H3,16,17,22,23)/t6-/m1/s1. The van der Waals surface area contributed by atoms with Gasteiger partial charge in [0.25, 0.3) is 0 Å². The lowest BCUT2D eigenvalue weighted by Gasteiger charge is -2.11. The second kappa shape index (κ2) is 7.38. The first-order valence-electron chi connectivity index (χ1n) is 6.57. The third-order valence-electron chi connectivity index (χ3n) is 2.65. The maximum atomic E-state index is 12.2. The van der Waals surface area contributed by atoms with Gasteiger partial charge in [-0.2, -0.15) is 4.68 Å². The van der Waals surface area contributed by atoms with Gasteiger partial charge in [-0.1, -0.05) is 11.8 Å². The monoisotopic (exact) mass is 376 g/mol. The first-order chi connectivity index (χ1) is 11.7. The number of carbonyl (C=O) groups is 2. The maximum Gasteiger partial charge on any atom is 0.573 e. The number of primary amides is 1. The number of hydrogen-bond donors (Lipinski definition) is 2. The van der Waals surface area contributed by atoms with E-state index in [-0.39, 0.29) is 5.16 Å². The van der Waals surface area contributed by atoms with Crippen molar-refractivity contribution in [1.29, 1.82) is 0 Å². The zero-order valence-electron chi connectivity index (χ0n) is 12.5. The molecule has 9 nitrogen and oxygen atoms in total. The molecule has 2 rings (SSSR count). The number of tetrazole rings is 1. The molecule has 3 N–H and O–H groups in total. The molecule has 134 valence electrons. The Morgan fingerprint density at radius 3 is 2.52 bits per heavy atom. The number of hydrogen-bond acceptors (Lipinski definition) is 7. The molecule has 1 heterocycles. The third-order valence-corrected chi connectivity index (χ3v) is 3.69. The van der Waals surface area contributed by atoms with Gasteiger partial charge in [-0.3, -0.25) is 10.1 Å². The minimum Gasteiger partial charge on any atom is -0.406 e. The van der Waals surface area contributed by atoms with Crippen LogP contribution < -0.4 is 15.8 Å². The number of amides is 3. The number of ether oxygens (including phenoxy) is 1. The fourth-order valence-corrected chi connectivity index (χ4v) is 2.45. The normalized spacial score (nSPS) is 12.5. The van der Waals surface area contributed by atoms with Crippen LogP contribution >= 0.6 is 11.8 Å². The number of urea groups is 1. The number of aromatic nitrogens is 4. The van der Waals surface area contributed by atoms with Crippen LogP contribution in [0.5, 0.6) is 5.75 Å². The Labute approximate surface area is 142 Å². The average Bonchev–Trinajstić information content (AvgIpc) is 2.93. The highest BCUT2D eigenvalue weighted by Crippen LogP contribution is 2.26. The number of thioether (sulfide) groups is 1. The molecule has 0 aliphatic rings. The van der Waals surface area contributed by atoms with E-state index in [4.69, 9.17) is 5.73 Å². The van der Waals surface area contributed by atoms with Gasteiger partial charge in [0.2, 0.25) is 11.1 Å². The Hall–Kier alpha value is -2.83. The highest BCUT2D eigenvalue weighted by Gasteiger charge is 2.31. The second-order valence-electron chi connectivity index (χ2n) is 4.53. The number of imide groups is 1. The van der Waals surface area contributed by atoms with Crippen molar-refractivity contribution >= 4 is 23.7 Å². The van der Waals surface area contributed by atoms with E-state index in [0.29, 0.717) is 5.69 Å². The summed E-state index contributed by atoms with van der Waals surface area (Å²) in [6, 6.07) is 3.84. The van der Waals surface area contributed by atoms with E-state index < -0.39 is 29.3 Å². The summed E-state index contributed by atoms with van der Waals surface area (Å²) in [6.45, 7) is 1.50. The van der Waals surface area contributed by atoms with E-state index in [0.717, 1.165) is 23.9 Å². The highest BCUT2D eigenvalue weighted by molar-refractivity contribution is 8.00. The number of benzene rings is 1. The van der Waals surface area contributed by atoms with Crippen LogP contribution in [0, 0.1) is 0 Å². The van der Waals surface area contributed by atoms with Crippen LogP contribution in [0.4, 0.5) is 18.0 Å². The van der Waals surface area contributed by atoms with Crippen molar-refractivity contribution in [3.63, 3.8) is 0 Å². The number of nitrogens with zero attached hydrogens (tertiary/aromatic N) is 4. The molecule has 0 fully saturated rings. The van der Waals surface area contributed by atoms with Crippen LogP contribution in [-0.2, 0) is 4.79 Å². The van der Waals surface area contributed by atoms with Gasteiger partial charge in [-0.15, -0.1) is 18.3 Å². The predicted octanol–water partition coefficient (Wildman–Crippen LogP) is 1.24. The lowest BCUT2D eigenvalue weighted by Crippen LogP contribution is -2.39. The van der Waals surface area contributed by atoms with E-state index in [1.807, 2.05) is 5.32 Å². The van der Waals surface area contributed by atoms with Crippen LogP contribution in [0.15, 0.2) is 29.4 Å². The van der Waals surface area contributed by atoms with Gasteiger partial charge in [0.15, 0.2) is 0 Å². The van der Waals surface area contributed by atoms with Crippen LogP contribution in [-0.4, -0.2) is 43.8 Å². The highest BCUT2D eigenvalue weighted by atomic mass is 32.2. The van der Waals surface area contributed by atoms with Gasteiger partial charge in [-0.25, -0.2) is 4.79 Å². The summed E-state index contributed by atoms with van der Waals surface area (Å²) in [7, 11) is 0. The van der Waals surface area contributed by atoms with Crippen molar-refractivity contribution < 1.29 is 27.5 Å². The van der Waals surface area contributed by atoms with Gasteiger partial charge < -0.3 is 10.5 Å². The SMILES string of the molecule is C[C@@H](Sc1nnnn1-c1ccc(OC(F)(F)F)cc1)C(=O)NC(N)=O. The Morgan fingerprint density at radius 1 is 1.32 bits per heavy atom. The fourth-order valence-electron chi connectivity index (χ4n) is 1.64. The average molecular weight is 376 g/mol. The van der Waals surface area contributed by atoms with Crippen molar-refractivity contribution in [2.75, 3.05) is 0 Å². The van der Waals surface area contributed by atoms with Crippen LogP contribution in [0.1, 0.15) is 6.92 Å². The minimum atomic E-state index is -4.79. The van der Waals surface area contributed by atoms with Crippen molar-refractivity contribution in [2.24, 2.45) is 5.73 Å². The molecule has 0 saturated heterocycles. The van der Waals surface area contributed by atoms with E-state index in [9.17, 15) is 22.8 Å². The van der Waals surface area contributed by atoms with E-state index in [1.165, 1.54) is 23.7 Å². The van der Waals surface area contributed by atoms with Crippen molar-refractivity contribution in [1.82, 2.24) is 25.5 Å². The zero-order valence-corrected chi connectivity index (χ0v) is 13.3. The lowest BCUT2D eigenvalue weighted by atomic mass is 10.3. The molecule has 0 bridgehead atoms. The molecule has 0 spiro atoms. The van der Waals surface area contributed by atoms with Gasteiger partial charge in [-0.05, 0) is 41.6 Å².